The standard InChI is InChI=1S/C18H14F10N4O4/c1-32(9-2-4-10(5-3-9)36-18(27,28)13(19)20)12(33)6-11-29-14(34-7-16(21,22)23)31-15(30-11)35-8-17(24,25)26/h2-5,13H,6-8H2,1H3. The zero-order valence-electron chi connectivity index (χ0n) is 17.7. The summed E-state index contributed by atoms with van der Waals surface area (Å²) >= 11 is 0. The van der Waals surface area contributed by atoms with Crippen molar-refractivity contribution >= 4 is 11.6 Å². The lowest BCUT2D eigenvalue weighted by Crippen LogP contribution is -2.33. The summed E-state index contributed by atoms with van der Waals surface area (Å²) in [6.07, 6.45) is -19.3. The van der Waals surface area contributed by atoms with Crippen molar-refractivity contribution in [2.24, 2.45) is 0 Å². The molecule has 0 aliphatic carbocycles. The SMILES string of the molecule is CN(C(=O)Cc1nc(OCC(F)(F)F)nc(OCC(F)(F)F)n1)c1ccc(OC(F)(F)C(F)F)cc1. The Kier molecular flexibility index (Phi) is 8.74. The molecule has 2 aromatic rings. The molecule has 0 aliphatic heterocycles. The maximum Gasteiger partial charge on any atom is 0.461 e. The highest BCUT2D eigenvalue weighted by molar-refractivity contribution is 5.93. The topological polar surface area (TPSA) is 86.7 Å². The van der Waals surface area contributed by atoms with Crippen LogP contribution < -0.4 is 19.1 Å². The third kappa shape index (κ3) is 9.21. The lowest BCUT2D eigenvalue weighted by Gasteiger charge is -2.19. The minimum Gasteiger partial charge on any atom is -0.454 e. The van der Waals surface area contributed by atoms with Crippen molar-refractivity contribution in [2.75, 3.05) is 25.2 Å². The van der Waals surface area contributed by atoms with E-state index in [1.165, 1.54) is 0 Å². The van der Waals surface area contributed by atoms with Gasteiger partial charge >= 0.3 is 36.9 Å². The zero-order valence-corrected chi connectivity index (χ0v) is 17.7. The van der Waals surface area contributed by atoms with Crippen molar-refractivity contribution in [1.29, 1.82) is 0 Å². The summed E-state index contributed by atoms with van der Waals surface area (Å²) in [4.78, 5) is 23.4. The number of hydrogen-bond acceptors (Lipinski definition) is 7. The minimum atomic E-state index is -4.84. The number of hydrogen-bond donors (Lipinski definition) is 0. The number of aromatic nitrogens is 3. The zero-order chi connectivity index (χ0) is 27.3. The number of carbonyl (C=O) groups is 1. The summed E-state index contributed by atoms with van der Waals surface area (Å²) in [5, 5.41) is 0. The monoisotopic (exact) mass is 540 g/mol. The molecule has 1 amide bonds. The summed E-state index contributed by atoms with van der Waals surface area (Å²) in [6.45, 7) is -3.80. The van der Waals surface area contributed by atoms with Gasteiger partial charge in [-0.1, -0.05) is 0 Å². The van der Waals surface area contributed by atoms with Crippen LogP contribution >= 0.6 is 0 Å². The number of likely N-dealkylation sites (N-methyl/N-ethyl adjacent to an activating group) is 1. The Morgan fingerprint density at radius 1 is 0.861 bits per heavy atom. The molecule has 18 heteroatoms. The van der Waals surface area contributed by atoms with Crippen molar-refractivity contribution in [1.82, 2.24) is 15.0 Å². The summed E-state index contributed by atoms with van der Waals surface area (Å²) in [5.41, 5.74) is 0.0175. The molecular formula is C18H14F10N4O4. The van der Waals surface area contributed by atoms with Crippen LogP contribution in [-0.2, 0) is 11.2 Å². The second kappa shape index (κ2) is 11.0. The molecule has 1 aromatic heterocycles. The van der Waals surface area contributed by atoms with Gasteiger partial charge in [-0.25, -0.2) is 0 Å². The fourth-order valence-corrected chi connectivity index (χ4v) is 2.22. The van der Waals surface area contributed by atoms with E-state index in [4.69, 9.17) is 0 Å². The first-order valence-electron chi connectivity index (χ1n) is 9.31. The van der Waals surface area contributed by atoms with E-state index < -0.39 is 74.0 Å². The number of nitrogens with zero attached hydrogens (tertiary/aromatic N) is 4. The number of rotatable bonds is 10. The molecule has 0 bridgehead atoms. The normalized spacial score (nSPS) is 12.4. The number of alkyl halides is 10. The van der Waals surface area contributed by atoms with Crippen LogP contribution in [0.15, 0.2) is 24.3 Å². The quantitative estimate of drug-likeness (QED) is 0.418. The van der Waals surface area contributed by atoms with Crippen molar-refractivity contribution < 1.29 is 62.9 Å². The van der Waals surface area contributed by atoms with Gasteiger partial charge in [0.1, 0.15) is 11.6 Å². The first-order chi connectivity index (χ1) is 16.4. The van der Waals surface area contributed by atoms with Crippen LogP contribution in [0.4, 0.5) is 49.6 Å². The number of ether oxygens (including phenoxy) is 3. The predicted octanol–water partition coefficient (Wildman–Crippen LogP) is 4.20. The fraction of sp³-hybridized carbons (Fsp3) is 0.444. The molecule has 0 unspecified atom stereocenters. The van der Waals surface area contributed by atoms with Crippen LogP contribution in [0.3, 0.4) is 0 Å². The van der Waals surface area contributed by atoms with E-state index in [2.05, 4.69) is 29.2 Å². The summed E-state index contributed by atoms with van der Waals surface area (Å²) < 4.78 is 137. The summed E-state index contributed by atoms with van der Waals surface area (Å²) in [6, 6.07) is 1.66. The Balaban J connectivity index is 2.17. The maximum atomic E-state index is 13.0. The van der Waals surface area contributed by atoms with Gasteiger partial charge in [-0.05, 0) is 24.3 Å². The fourth-order valence-electron chi connectivity index (χ4n) is 2.22. The van der Waals surface area contributed by atoms with E-state index in [9.17, 15) is 48.7 Å². The molecule has 1 heterocycles. The van der Waals surface area contributed by atoms with E-state index >= 15 is 0 Å². The Labute approximate surface area is 194 Å². The predicted molar refractivity (Wildman–Crippen MR) is 98.1 cm³/mol. The summed E-state index contributed by atoms with van der Waals surface area (Å²) in [5.74, 6) is -2.15. The van der Waals surface area contributed by atoms with E-state index in [0.717, 1.165) is 36.2 Å². The average molecular weight is 540 g/mol. The molecular weight excluding hydrogens is 526 g/mol. The van der Waals surface area contributed by atoms with Gasteiger partial charge in [0.25, 0.3) is 0 Å². The van der Waals surface area contributed by atoms with Gasteiger partial charge in [0, 0.05) is 12.7 Å². The highest BCUT2D eigenvalue weighted by Crippen LogP contribution is 2.29. The Morgan fingerprint density at radius 3 is 1.75 bits per heavy atom. The van der Waals surface area contributed by atoms with Crippen molar-refractivity contribution in [3.05, 3.63) is 30.1 Å². The lowest BCUT2D eigenvalue weighted by molar-refractivity contribution is -0.253. The van der Waals surface area contributed by atoms with Gasteiger partial charge in [0.05, 0.1) is 6.42 Å². The van der Waals surface area contributed by atoms with E-state index in [1.54, 1.807) is 0 Å². The van der Waals surface area contributed by atoms with Gasteiger partial charge in [0.2, 0.25) is 5.91 Å². The van der Waals surface area contributed by atoms with Crippen LogP contribution in [0.25, 0.3) is 0 Å². The van der Waals surface area contributed by atoms with Crippen molar-refractivity contribution in [3.63, 3.8) is 0 Å². The molecule has 36 heavy (non-hydrogen) atoms. The lowest BCUT2D eigenvalue weighted by atomic mass is 10.2. The number of anilines is 1. The van der Waals surface area contributed by atoms with Crippen LogP contribution in [-0.4, -0.2) is 66.0 Å². The third-order valence-corrected chi connectivity index (χ3v) is 3.79. The molecule has 0 N–H and O–H groups in total. The molecule has 0 fully saturated rings. The largest absolute Gasteiger partial charge is 0.461 e. The Bertz CT molecular complexity index is 996. The molecule has 0 radical (unpaired) electrons. The van der Waals surface area contributed by atoms with Crippen LogP contribution in [0.5, 0.6) is 17.8 Å². The number of benzene rings is 1. The molecule has 0 spiro atoms. The second-order valence-electron chi connectivity index (χ2n) is 6.71. The second-order valence-corrected chi connectivity index (χ2v) is 6.71. The van der Waals surface area contributed by atoms with E-state index in [-0.39, 0.29) is 5.69 Å². The summed E-state index contributed by atoms with van der Waals surface area (Å²) in [7, 11) is 1.16. The Morgan fingerprint density at radius 2 is 1.33 bits per heavy atom. The molecule has 0 atom stereocenters. The van der Waals surface area contributed by atoms with Crippen molar-refractivity contribution in [3.8, 4) is 17.8 Å². The molecule has 2 rings (SSSR count). The van der Waals surface area contributed by atoms with Crippen LogP contribution in [0, 0.1) is 0 Å². The van der Waals surface area contributed by atoms with Gasteiger partial charge in [0.15, 0.2) is 13.2 Å². The molecule has 1 aromatic carbocycles. The molecule has 0 saturated heterocycles. The third-order valence-electron chi connectivity index (χ3n) is 3.79. The van der Waals surface area contributed by atoms with Crippen LogP contribution in [0.1, 0.15) is 5.82 Å². The maximum absolute atomic E-state index is 13.0. The van der Waals surface area contributed by atoms with Gasteiger partial charge in [-0.15, -0.1) is 4.98 Å². The number of carbonyl (C=O) groups excluding carboxylic acids is 1. The highest BCUT2D eigenvalue weighted by atomic mass is 19.4. The first-order valence-corrected chi connectivity index (χ1v) is 9.31. The molecule has 0 aliphatic rings. The molecule has 200 valence electrons. The van der Waals surface area contributed by atoms with Crippen LogP contribution in [0.2, 0.25) is 0 Å². The first kappa shape index (κ1) is 28.6. The molecule has 0 saturated carbocycles. The van der Waals surface area contributed by atoms with E-state index in [1.807, 2.05) is 0 Å². The molecule has 8 nitrogen and oxygen atoms in total. The van der Waals surface area contributed by atoms with E-state index in [0.29, 0.717) is 0 Å². The van der Waals surface area contributed by atoms with Gasteiger partial charge in [-0.2, -0.15) is 53.9 Å². The van der Waals surface area contributed by atoms with Crippen molar-refractivity contribution in [2.45, 2.75) is 31.3 Å². The number of amides is 1. The van der Waals surface area contributed by atoms with Gasteiger partial charge < -0.3 is 19.1 Å². The smallest absolute Gasteiger partial charge is 0.454 e. The average Bonchev–Trinajstić information content (AvgIpc) is 2.75. The Hall–Kier alpha value is -3.60. The number of halogens is 10. The minimum absolute atomic E-state index is 0.0175. The highest BCUT2D eigenvalue weighted by Gasteiger charge is 2.44. The van der Waals surface area contributed by atoms with Gasteiger partial charge in [-0.3, -0.25) is 4.79 Å².